The van der Waals surface area contributed by atoms with Gasteiger partial charge in [0, 0.05) is 38.1 Å². The summed E-state index contributed by atoms with van der Waals surface area (Å²) in [7, 11) is 0. The Balaban J connectivity index is 1.11. The van der Waals surface area contributed by atoms with Crippen LogP contribution in [0.25, 0.3) is 0 Å². The van der Waals surface area contributed by atoms with E-state index in [0.29, 0.717) is 31.3 Å². The van der Waals surface area contributed by atoms with Gasteiger partial charge in [-0.25, -0.2) is 19.3 Å². The van der Waals surface area contributed by atoms with Crippen molar-refractivity contribution in [2.45, 2.75) is 43.7 Å². The van der Waals surface area contributed by atoms with Crippen molar-refractivity contribution < 1.29 is 24.3 Å². The SMILES string of the molecule is O=C(O)[C@@H]1[C@@H](CC2CCNCC2)C(=O)N1C(=O)N1CCN(C(=O)N[C@@H]2C[C@H]2c2ccccc2)CC1. The van der Waals surface area contributed by atoms with E-state index in [1.165, 1.54) is 10.5 Å². The van der Waals surface area contributed by atoms with Crippen LogP contribution in [0.15, 0.2) is 30.3 Å². The molecule has 1 aromatic carbocycles. The second kappa shape index (κ2) is 9.85. The Bertz CT molecular complexity index is 974. The Morgan fingerprint density at radius 3 is 2.31 bits per heavy atom. The molecule has 1 saturated carbocycles. The lowest BCUT2D eigenvalue weighted by molar-refractivity contribution is -0.167. The second-order valence-corrected chi connectivity index (χ2v) is 10.1. The number of aliphatic carboxylic acids is 1. The number of β-lactam (4-membered cyclic amide) rings is 1. The van der Waals surface area contributed by atoms with Crippen LogP contribution in [0.5, 0.6) is 0 Å². The number of nitrogens with zero attached hydrogens (tertiary/aromatic N) is 3. The number of piperazine rings is 1. The van der Waals surface area contributed by atoms with Gasteiger partial charge in [0.25, 0.3) is 0 Å². The van der Waals surface area contributed by atoms with Crippen molar-refractivity contribution in [3.05, 3.63) is 35.9 Å². The first-order valence-corrected chi connectivity index (χ1v) is 12.6. The van der Waals surface area contributed by atoms with Crippen LogP contribution in [0.2, 0.25) is 0 Å². The fourth-order valence-electron chi connectivity index (χ4n) is 5.68. The molecule has 0 radical (unpaired) electrons. The van der Waals surface area contributed by atoms with Gasteiger partial charge < -0.3 is 25.5 Å². The number of carbonyl (C=O) groups excluding carboxylic acids is 3. The van der Waals surface area contributed by atoms with E-state index < -0.39 is 24.0 Å². The van der Waals surface area contributed by atoms with Crippen molar-refractivity contribution in [2.75, 3.05) is 39.3 Å². The second-order valence-electron chi connectivity index (χ2n) is 10.1. The molecule has 0 aromatic heterocycles. The number of rotatable bonds is 5. The van der Waals surface area contributed by atoms with Crippen LogP contribution in [0.4, 0.5) is 9.59 Å². The third kappa shape index (κ3) is 4.84. The maximum atomic E-state index is 13.0. The van der Waals surface area contributed by atoms with Crippen molar-refractivity contribution in [1.29, 1.82) is 0 Å². The van der Waals surface area contributed by atoms with Crippen molar-refractivity contribution in [2.24, 2.45) is 11.8 Å². The van der Waals surface area contributed by atoms with E-state index in [4.69, 9.17) is 0 Å². The highest BCUT2D eigenvalue weighted by Gasteiger charge is 2.56. The van der Waals surface area contributed by atoms with Crippen LogP contribution in [-0.2, 0) is 9.59 Å². The minimum absolute atomic E-state index is 0.122. The first-order chi connectivity index (χ1) is 16.9. The average molecular weight is 484 g/mol. The fraction of sp³-hybridized carbons (Fsp3) is 0.600. The molecule has 4 atom stereocenters. The fourth-order valence-corrected chi connectivity index (χ4v) is 5.68. The first kappa shape index (κ1) is 23.6. The van der Waals surface area contributed by atoms with Crippen molar-refractivity contribution in [1.82, 2.24) is 25.3 Å². The zero-order valence-corrected chi connectivity index (χ0v) is 19.8. The van der Waals surface area contributed by atoms with Gasteiger partial charge in [0.2, 0.25) is 5.91 Å². The van der Waals surface area contributed by atoms with Gasteiger partial charge in [-0.15, -0.1) is 0 Å². The zero-order valence-electron chi connectivity index (χ0n) is 19.8. The molecule has 3 saturated heterocycles. The van der Waals surface area contributed by atoms with Gasteiger partial charge in [-0.3, -0.25) is 4.79 Å². The summed E-state index contributed by atoms with van der Waals surface area (Å²) in [6.07, 6.45) is 3.27. The van der Waals surface area contributed by atoms with Crippen molar-refractivity contribution >= 4 is 23.9 Å². The van der Waals surface area contributed by atoms with E-state index in [-0.39, 0.29) is 31.1 Å². The summed E-state index contributed by atoms with van der Waals surface area (Å²) in [6, 6.07) is 8.42. The predicted molar refractivity (Wildman–Crippen MR) is 127 cm³/mol. The molecule has 1 aromatic rings. The largest absolute Gasteiger partial charge is 0.480 e. The Morgan fingerprint density at radius 1 is 1.00 bits per heavy atom. The minimum Gasteiger partial charge on any atom is -0.480 e. The topological polar surface area (TPSA) is 122 Å². The van der Waals surface area contributed by atoms with Gasteiger partial charge >= 0.3 is 18.0 Å². The molecule has 5 amide bonds. The molecule has 3 N–H and O–H groups in total. The highest BCUT2D eigenvalue weighted by Crippen LogP contribution is 2.40. The number of hydrogen-bond donors (Lipinski definition) is 3. The lowest BCUT2D eigenvalue weighted by atomic mass is 9.78. The van der Waals surface area contributed by atoms with Crippen LogP contribution in [0.3, 0.4) is 0 Å². The van der Waals surface area contributed by atoms with E-state index in [1.807, 2.05) is 18.2 Å². The lowest BCUT2D eigenvalue weighted by Gasteiger charge is -2.47. The monoisotopic (exact) mass is 483 g/mol. The van der Waals surface area contributed by atoms with E-state index in [0.717, 1.165) is 37.3 Å². The molecule has 0 spiro atoms. The van der Waals surface area contributed by atoms with Crippen molar-refractivity contribution in [3.63, 3.8) is 0 Å². The summed E-state index contributed by atoms with van der Waals surface area (Å²) < 4.78 is 0. The van der Waals surface area contributed by atoms with Crippen LogP contribution < -0.4 is 10.6 Å². The van der Waals surface area contributed by atoms with E-state index in [2.05, 4.69) is 22.8 Å². The smallest absolute Gasteiger partial charge is 0.327 e. The number of likely N-dealkylation sites (tertiary alicyclic amines) is 1. The van der Waals surface area contributed by atoms with Gasteiger partial charge in [0.05, 0.1) is 5.92 Å². The molecule has 10 heteroatoms. The van der Waals surface area contributed by atoms with E-state index >= 15 is 0 Å². The molecule has 5 rings (SSSR count). The number of imide groups is 1. The van der Waals surface area contributed by atoms with Crippen LogP contribution in [0, 0.1) is 11.8 Å². The summed E-state index contributed by atoms with van der Waals surface area (Å²) in [4.78, 5) is 54.5. The van der Waals surface area contributed by atoms with Gasteiger partial charge in [0.1, 0.15) is 0 Å². The maximum Gasteiger partial charge on any atom is 0.327 e. The molecular weight excluding hydrogens is 450 g/mol. The molecule has 3 heterocycles. The standard InChI is InChI=1S/C25H33N5O5/c31-22-19(14-16-6-8-26-9-7-16)21(23(32)33)30(22)25(35)29-12-10-28(11-13-29)24(34)27-20-15-18(20)17-4-2-1-3-5-17/h1-5,16,18-21,26H,6-15H2,(H,27,34)(H,32,33)/t18-,19+,20+,21-/m0/s1. The molecule has 10 nitrogen and oxygen atoms in total. The minimum atomic E-state index is -1.13. The molecule has 188 valence electrons. The number of urea groups is 2. The normalized spacial score (nSPS) is 28.9. The number of nitrogens with one attached hydrogen (secondary N) is 2. The van der Waals surface area contributed by atoms with Gasteiger partial charge in [-0.2, -0.15) is 0 Å². The van der Waals surface area contributed by atoms with Crippen molar-refractivity contribution in [3.8, 4) is 0 Å². The summed E-state index contributed by atoms with van der Waals surface area (Å²) in [6.45, 7) is 2.98. The highest BCUT2D eigenvalue weighted by molar-refractivity contribution is 6.07. The Kier molecular flexibility index (Phi) is 6.64. The number of carboxylic acid groups (broad SMARTS) is 1. The van der Waals surface area contributed by atoms with E-state index in [9.17, 15) is 24.3 Å². The Labute approximate surface area is 204 Å². The van der Waals surface area contributed by atoms with Crippen LogP contribution >= 0.6 is 0 Å². The zero-order chi connectivity index (χ0) is 24.5. The molecule has 1 aliphatic carbocycles. The Morgan fingerprint density at radius 2 is 1.66 bits per heavy atom. The number of piperidine rings is 1. The van der Waals surface area contributed by atoms with Gasteiger partial charge in [-0.1, -0.05) is 30.3 Å². The maximum absolute atomic E-state index is 13.0. The summed E-state index contributed by atoms with van der Waals surface area (Å²) >= 11 is 0. The number of hydrogen-bond acceptors (Lipinski definition) is 5. The summed E-state index contributed by atoms with van der Waals surface area (Å²) in [5.41, 5.74) is 1.22. The number of amides is 5. The highest BCUT2D eigenvalue weighted by atomic mass is 16.4. The average Bonchev–Trinajstić information content (AvgIpc) is 3.65. The van der Waals surface area contributed by atoms with Gasteiger partial charge in [-0.05, 0) is 50.3 Å². The molecule has 35 heavy (non-hydrogen) atoms. The molecule has 0 unspecified atom stereocenters. The third-order valence-electron chi connectivity index (χ3n) is 7.88. The van der Waals surface area contributed by atoms with E-state index in [1.54, 1.807) is 4.90 Å². The predicted octanol–water partition coefficient (Wildman–Crippen LogP) is 1.29. The first-order valence-electron chi connectivity index (χ1n) is 12.6. The third-order valence-corrected chi connectivity index (χ3v) is 7.88. The number of carboxylic acids is 1. The molecular formula is C25H33N5O5. The lowest BCUT2D eigenvalue weighted by Crippen LogP contribution is -2.70. The molecule has 0 bridgehead atoms. The van der Waals surface area contributed by atoms with Crippen LogP contribution in [-0.4, -0.2) is 95.1 Å². The molecule has 4 fully saturated rings. The quantitative estimate of drug-likeness (QED) is 0.543. The number of carbonyl (C=O) groups is 4. The van der Waals surface area contributed by atoms with Gasteiger partial charge in [0.15, 0.2) is 6.04 Å². The summed E-state index contributed by atoms with van der Waals surface area (Å²) in [5.74, 6) is -1.51. The van der Waals surface area contributed by atoms with Crippen LogP contribution in [0.1, 0.15) is 37.2 Å². The summed E-state index contributed by atoms with van der Waals surface area (Å²) in [5, 5.41) is 16.1. The Hall–Kier alpha value is -3.14. The number of benzene rings is 1. The molecule has 4 aliphatic rings. The molecule has 3 aliphatic heterocycles.